The van der Waals surface area contributed by atoms with Crippen molar-refractivity contribution in [1.29, 1.82) is 0 Å². The zero-order valence-electron chi connectivity index (χ0n) is 9.35. The lowest BCUT2D eigenvalue weighted by molar-refractivity contribution is 0.0598. The molecular weight excluding hydrogens is 224 g/mol. The molecule has 0 aliphatic carbocycles. The van der Waals surface area contributed by atoms with Gasteiger partial charge in [-0.25, -0.2) is 9.59 Å². The lowest BCUT2D eigenvalue weighted by atomic mass is 10.1. The smallest absolute Gasteiger partial charge is 0.345 e. The number of carbonyl (C=O) groups is 1. The highest BCUT2D eigenvalue weighted by molar-refractivity contribution is 6.04. The van der Waals surface area contributed by atoms with Crippen LogP contribution in [0.3, 0.4) is 0 Å². The first-order chi connectivity index (χ1) is 8.17. The first-order valence-electron chi connectivity index (χ1n) is 4.86. The fourth-order valence-electron chi connectivity index (χ4n) is 1.58. The van der Waals surface area contributed by atoms with Gasteiger partial charge in [-0.3, -0.25) is 0 Å². The number of benzene rings is 1. The summed E-state index contributed by atoms with van der Waals surface area (Å²) < 4.78 is 14.7. The van der Waals surface area contributed by atoms with E-state index >= 15 is 0 Å². The lowest BCUT2D eigenvalue weighted by Crippen LogP contribution is -2.07. The Bertz CT molecular complexity index is 626. The van der Waals surface area contributed by atoms with Gasteiger partial charge in [-0.1, -0.05) is 0 Å². The number of fused-ring (bicyclic) bond motifs is 1. The van der Waals surface area contributed by atoms with E-state index in [4.69, 9.17) is 9.15 Å². The molecule has 0 bridgehead atoms. The van der Waals surface area contributed by atoms with Crippen LogP contribution in [-0.2, 0) is 4.74 Å². The second kappa shape index (κ2) is 4.29. The molecule has 5 heteroatoms. The second-order valence-corrected chi connectivity index (χ2v) is 3.31. The molecule has 0 aliphatic heterocycles. The van der Waals surface area contributed by atoms with Gasteiger partial charge in [-0.2, -0.15) is 0 Å². The molecule has 0 amide bonds. The van der Waals surface area contributed by atoms with Crippen LogP contribution in [-0.4, -0.2) is 20.2 Å². The van der Waals surface area contributed by atoms with E-state index in [1.54, 1.807) is 18.2 Å². The number of hydrogen-bond donors (Lipinski definition) is 0. The van der Waals surface area contributed by atoms with E-state index in [-0.39, 0.29) is 11.1 Å². The van der Waals surface area contributed by atoms with Gasteiger partial charge in [-0.15, -0.1) is 0 Å². The van der Waals surface area contributed by atoms with Crippen LogP contribution in [0, 0.1) is 0 Å². The number of carbonyl (C=O) groups excluding carboxylic acids is 1. The molecule has 2 aromatic rings. The van der Waals surface area contributed by atoms with E-state index in [9.17, 15) is 9.59 Å². The fraction of sp³-hybridized carbons (Fsp3) is 0.167. The highest BCUT2D eigenvalue weighted by atomic mass is 16.5. The zero-order valence-corrected chi connectivity index (χ0v) is 9.35. The molecule has 0 N–H and O–H groups in total. The Kier molecular flexibility index (Phi) is 2.82. The number of hydrogen-bond acceptors (Lipinski definition) is 5. The van der Waals surface area contributed by atoms with E-state index in [0.717, 1.165) is 0 Å². The van der Waals surface area contributed by atoms with Gasteiger partial charge in [0.05, 0.1) is 14.2 Å². The van der Waals surface area contributed by atoms with Crippen LogP contribution >= 0.6 is 0 Å². The SMILES string of the molecule is COC(=O)c1c(OC)ccc2ccc(=O)oc12. The maximum Gasteiger partial charge on any atom is 0.345 e. The fourth-order valence-corrected chi connectivity index (χ4v) is 1.58. The molecule has 1 aromatic carbocycles. The second-order valence-electron chi connectivity index (χ2n) is 3.31. The summed E-state index contributed by atoms with van der Waals surface area (Å²) in [4.78, 5) is 22.8. The number of methoxy groups -OCH3 is 2. The van der Waals surface area contributed by atoms with E-state index in [1.165, 1.54) is 20.3 Å². The molecule has 0 spiro atoms. The molecule has 88 valence electrons. The Morgan fingerprint density at radius 2 is 1.88 bits per heavy atom. The third-order valence-electron chi connectivity index (χ3n) is 2.36. The Morgan fingerprint density at radius 3 is 2.53 bits per heavy atom. The monoisotopic (exact) mass is 234 g/mol. The van der Waals surface area contributed by atoms with Crippen molar-refractivity contribution < 1.29 is 18.7 Å². The summed E-state index contributed by atoms with van der Waals surface area (Å²) in [7, 11) is 2.68. The molecular formula is C12H10O5. The quantitative estimate of drug-likeness (QED) is 0.583. The van der Waals surface area contributed by atoms with Gasteiger partial charge >= 0.3 is 11.6 Å². The van der Waals surface area contributed by atoms with E-state index in [1.807, 2.05) is 0 Å². The molecule has 0 atom stereocenters. The maximum atomic E-state index is 11.7. The third kappa shape index (κ3) is 1.87. The van der Waals surface area contributed by atoms with Gasteiger partial charge in [0.1, 0.15) is 11.3 Å². The molecule has 0 saturated heterocycles. The third-order valence-corrected chi connectivity index (χ3v) is 2.36. The van der Waals surface area contributed by atoms with Crippen molar-refractivity contribution in [3.63, 3.8) is 0 Å². The van der Waals surface area contributed by atoms with Crippen molar-refractivity contribution in [3.05, 3.63) is 40.2 Å². The number of esters is 1. The standard InChI is InChI=1S/C12H10O5/c1-15-8-5-3-7-4-6-9(13)17-11(7)10(8)12(14)16-2/h3-6H,1-2H3. The van der Waals surface area contributed by atoms with Crippen LogP contribution in [0.15, 0.2) is 33.5 Å². The average Bonchev–Trinajstić information content (AvgIpc) is 2.36. The van der Waals surface area contributed by atoms with Crippen LogP contribution in [0.1, 0.15) is 10.4 Å². The topological polar surface area (TPSA) is 65.7 Å². The molecule has 0 unspecified atom stereocenters. The summed E-state index contributed by atoms with van der Waals surface area (Å²) >= 11 is 0. The van der Waals surface area contributed by atoms with Gasteiger partial charge in [0.15, 0.2) is 5.58 Å². The molecule has 17 heavy (non-hydrogen) atoms. The maximum absolute atomic E-state index is 11.7. The first-order valence-corrected chi connectivity index (χ1v) is 4.86. The normalized spacial score (nSPS) is 10.2. The van der Waals surface area contributed by atoms with Gasteiger partial charge in [0.2, 0.25) is 0 Å². The molecule has 1 heterocycles. The minimum Gasteiger partial charge on any atom is -0.496 e. The minimum atomic E-state index is -0.609. The van der Waals surface area contributed by atoms with Crippen molar-refractivity contribution in [2.24, 2.45) is 0 Å². The van der Waals surface area contributed by atoms with Crippen molar-refractivity contribution in [3.8, 4) is 5.75 Å². The predicted octanol–water partition coefficient (Wildman–Crippen LogP) is 1.59. The molecule has 0 saturated carbocycles. The molecule has 0 aliphatic rings. The summed E-state index contributed by atoms with van der Waals surface area (Å²) in [5, 5.41) is 0.630. The highest BCUT2D eigenvalue weighted by Gasteiger charge is 2.19. The van der Waals surface area contributed by atoms with Gasteiger partial charge < -0.3 is 13.9 Å². The lowest BCUT2D eigenvalue weighted by Gasteiger charge is -2.08. The van der Waals surface area contributed by atoms with Gasteiger partial charge in [-0.05, 0) is 18.2 Å². The summed E-state index contributed by atoms with van der Waals surface area (Å²) in [5.41, 5.74) is -0.246. The van der Waals surface area contributed by atoms with Crippen LogP contribution in [0.25, 0.3) is 11.0 Å². The minimum absolute atomic E-state index is 0.116. The number of rotatable bonds is 2. The van der Waals surface area contributed by atoms with Crippen LogP contribution in [0.5, 0.6) is 5.75 Å². The zero-order chi connectivity index (χ0) is 12.4. The van der Waals surface area contributed by atoms with Crippen molar-refractivity contribution in [1.82, 2.24) is 0 Å². The predicted molar refractivity (Wildman–Crippen MR) is 60.4 cm³/mol. The summed E-state index contributed by atoms with van der Waals surface area (Å²) in [6, 6.07) is 6.18. The van der Waals surface area contributed by atoms with Crippen molar-refractivity contribution >= 4 is 16.9 Å². The van der Waals surface area contributed by atoms with Crippen LogP contribution < -0.4 is 10.4 Å². The van der Waals surface area contributed by atoms with E-state index < -0.39 is 11.6 Å². The molecule has 2 rings (SSSR count). The summed E-state index contributed by atoms with van der Waals surface area (Å²) in [6.45, 7) is 0. The molecule has 1 aromatic heterocycles. The molecule has 0 fully saturated rings. The van der Waals surface area contributed by atoms with Crippen molar-refractivity contribution in [2.75, 3.05) is 14.2 Å². The Morgan fingerprint density at radius 1 is 1.18 bits per heavy atom. The number of ether oxygens (including phenoxy) is 2. The summed E-state index contributed by atoms with van der Waals surface area (Å²) in [6.07, 6.45) is 0. The largest absolute Gasteiger partial charge is 0.496 e. The highest BCUT2D eigenvalue weighted by Crippen LogP contribution is 2.27. The first kappa shape index (κ1) is 11.2. The van der Waals surface area contributed by atoms with E-state index in [2.05, 4.69) is 4.74 Å². The Hall–Kier alpha value is -2.30. The molecule has 5 nitrogen and oxygen atoms in total. The van der Waals surface area contributed by atoms with Crippen LogP contribution in [0.4, 0.5) is 0 Å². The summed E-state index contributed by atoms with van der Waals surface area (Å²) in [5.74, 6) is -0.305. The van der Waals surface area contributed by atoms with E-state index in [0.29, 0.717) is 11.1 Å². The van der Waals surface area contributed by atoms with Gasteiger partial charge in [0, 0.05) is 11.5 Å². The van der Waals surface area contributed by atoms with Crippen LogP contribution in [0.2, 0.25) is 0 Å². The molecule has 0 radical (unpaired) electrons. The Balaban J connectivity index is 2.86. The van der Waals surface area contributed by atoms with Crippen molar-refractivity contribution in [2.45, 2.75) is 0 Å². The van der Waals surface area contributed by atoms with Gasteiger partial charge in [0.25, 0.3) is 0 Å². The average molecular weight is 234 g/mol. The Labute approximate surface area is 96.6 Å².